The summed E-state index contributed by atoms with van der Waals surface area (Å²) in [6, 6.07) is 11.6. The number of carbonyl (C=O) groups is 1. The van der Waals surface area contributed by atoms with E-state index in [9.17, 15) is 4.79 Å². The summed E-state index contributed by atoms with van der Waals surface area (Å²) in [6.45, 7) is 0.568. The van der Waals surface area contributed by atoms with Crippen LogP contribution in [0.5, 0.6) is 0 Å². The second kappa shape index (κ2) is 6.41. The van der Waals surface area contributed by atoms with Crippen molar-refractivity contribution in [1.29, 1.82) is 0 Å². The second-order valence-corrected chi connectivity index (χ2v) is 6.63. The number of nitrogens with zero attached hydrogens (tertiary/aromatic N) is 4. The number of thiophene rings is 1. The van der Waals surface area contributed by atoms with Gasteiger partial charge in [0, 0.05) is 16.4 Å². The number of hydrogen-bond donors (Lipinski definition) is 0. The Balaban J connectivity index is 1.78. The maximum atomic E-state index is 12.4. The predicted octanol–water partition coefficient (Wildman–Crippen LogP) is 3.36. The van der Waals surface area contributed by atoms with E-state index in [0.717, 1.165) is 15.0 Å². The van der Waals surface area contributed by atoms with Crippen molar-refractivity contribution in [3.63, 3.8) is 0 Å². The number of hydrogen-bond acceptors (Lipinski definition) is 4. The fourth-order valence-electron chi connectivity index (χ4n) is 2.02. The van der Waals surface area contributed by atoms with Gasteiger partial charge in [0.1, 0.15) is 0 Å². The molecule has 0 bridgehead atoms. The van der Waals surface area contributed by atoms with Gasteiger partial charge in [-0.15, -0.1) is 16.4 Å². The molecule has 0 unspecified atom stereocenters. The molecule has 1 aromatic carbocycles. The first-order chi connectivity index (χ1) is 10.6. The van der Waals surface area contributed by atoms with E-state index in [1.807, 2.05) is 41.8 Å². The number of carbonyl (C=O) groups excluding carboxylic acids is 1. The van der Waals surface area contributed by atoms with Gasteiger partial charge in [-0.05, 0) is 39.5 Å². The van der Waals surface area contributed by atoms with Gasteiger partial charge in [-0.25, -0.2) is 4.68 Å². The number of benzene rings is 1. The fourth-order valence-corrected chi connectivity index (χ4v) is 3.24. The molecular formula is C15H13BrN4OS. The zero-order chi connectivity index (χ0) is 15.5. The average Bonchev–Trinajstić information content (AvgIpc) is 3.18. The fraction of sp³-hybridized carbons (Fsp3) is 0.133. The van der Waals surface area contributed by atoms with Gasteiger partial charge in [0.25, 0.3) is 5.91 Å². The van der Waals surface area contributed by atoms with Crippen LogP contribution in [0.15, 0.2) is 52.4 Å². The van der Waals surface area contributed by atoms with E-state index in [2.05, 4.69) is 26.2 Å². The summed E-state index contributed by atoms with van der Waals surface area (Å²) in [5.74, 6) is -0.147. The monoisotopic (exact) mass is 376 g/mol. The molecule has 3 rings (SSSR count). The van der Waals surface area contributed by atoms with Crippen LogP contribution in [0.2, 0.25) is 0 Å². The lowest BCUT2D eigenvalue weighted by molar-refractivity contribution is 0.0780. The largest absolute Gasteiger partial charge is 0.335 e. The predicted molar refractivity (Wildman–Crippen MR) is 89.2 cm³/mol. The summed E-state index contributed by atoms with van der Waals surface area (Å²) < 4.78 is 2.49. The van der Waals surface area contributed by atoms with Crippen LogP contribution in [0.4, 0.5) is 0 Å². The summed E-state index contributed by atoms with van der Waals surface area (Å²) in [7, 11) is 1.76. The highest BCUT2D eigenvalue weighted by Gasteiger charge is 2.17. The highest BCUT2D eigenvalue weighted by molar-refractivity contribution is 9.10. The van der Waals surface area contributed by atoms with Crippen LogP contribution in [-0.4, -0.2) is 32.8 Å². The van der Waals surface area contributed by atoms with Crippen molar-refractivity contribution >= 4 is 33.2 Å². The highest BCUT2D eigenvalue weighted by Crippen LogP contribution is 2.20. The first-order valence-electron chi connectivity index (χ1n) is 6.60. The van der Waals surface area contributed by atoms with Gasteiger partial charge in [-0.1, -0.05) is 23.4 Å². The lowest BCUT2D eigenvalue weighted by atomic mass is 10.3. The number of para-hydroxylation sites is 1. The second-order valence-electron chi connectivity index (χ2n) is 4.74. The topological polar surface area (TPSA) is 51.0 Å². The summed E-state index contributed by atoms with van der Waals surface area (Å²) in [6.07, 6.45) is 1.65. The molecule has 0 spiro atoms. The number of aromatic nitrogens is 3. The molecule has 0 aliphatic rings. The quantitative estimate of drug-likeness (QED) is 0.701. The number of amides is 1. The van der Waals surface area contributed by atoms with Gasteiger partial charge in [0.05, 0.1) is 18.4 Å². The zero-order valence-corrected chi connectivity index (χ0v) is 14.2. The normalized spacial score (nSPS) is 10.6. The Morgan fingerprint density at radius 2 is 2.14 bits per heavy atom. The van der Waals surface area contributed by atoms with E-state index < -0.39 is 0 Å². The third-order valence-corrected chi connectivity index (χ3v) is 4.66. The summed E-state index contributed by atoms with van der Waals surface area (Å²) in [5.41, 5.74) is 1.17. The van der Waals surface area contributed by atoms with E-state index in [0.29, 0.717) is 12.2 Å². The van der Waals surface area contributed by atoms with Crippen LogP contribution in [0.25, 0.3) is 5.69 Å². The minimum absolute atomic E-state index is 0.147. The van der Waals surface area contributed by atoms with Gasteiger partial charge in [0.15, 0.2) is 5.69 Å². The van der Waals surface area contributed by atoms with Crippen molar-refractivity contribution in [2.75, 3.05) is 7.05 Å². The molecule has 0 aliphatic carbocycles. The molecule has 0 saturated heterocycles. The smallest absolute Gasteiger partial charge is 0.276 e. The molecule has 0 saturated carbocycles. The van der Waals surface area contributed by atoms with Gasteiger partial charge in [-0.2, -0.15) is 0 Å². The molecule has 0 N–H and O–H groups in total. The molecule has 0 fully saturated rings. The summed E-state index contributed by atoms with van der Waals surface area (Å²) in [5, 5.41) is 10.0. The van der Waals surface area contributed by atoms with Gasteiger partial charge < -0.3 is 4.90 Å². The van der Waals surface area contributed by atoms with Crippen molar-refractivity contribution in [1.82, 2.24) is 19.9 Å². The third kappa shape index (κ3) is 3.10. The van der Waals surface area contributed by atoms with Gasteiger partial charge in [-0.3, -0.25) is 4.79 Å². The SMILES string of the molecule is CN(Cc1cccs1)C(=O)c1cn(-c2ccccc2Br)nn1. The first-order valence-corrected chi connectivity index (χ1v) is 8.27. The molecule has 3 aromatic rings. The lowest BCUT2D eigenvalue weighted by Crippen LogP contribution is -2.26. The van der Waals surface area contributed by atoms with Crippen LogP contribution in [0.1, 0.15) is 15.4 Å². The van der Waals surface area contributed by atoms with Crippen LogP contribution < -0.4 is 0 Å². The maximum absolute atomic E-state index is 12.4. The van der Waals surface area contributed by atoms with Crippen molar-refractivity contribution in [2.45, 2.75) is 6.54 Å². The zero-order valence-electron chi connectivity index (χ0n) is 11.8. The van der Waals surface area contributed by atoms with Crippen molar-refractivity contribution in [2.24, 2.45) is 0 Å². The minimum atomic E-state index is -0.147. The highest BCUT2D eigenvalue weighted by atomic mass is 79.9. The van der Waals surface area contributed by atoms with Crippen molar-refractivity contribution in [3.05, 3.63) is 63.0 Å². The van der Waals surface area contributed by atoms with E-state index in [1.54, 1.807) is 34.2 Å². The molecular weight excluding hydrogens is 364 g/mol. The Morgan fingerprint density at radius 1 is 1.32 bits per heavy atom. The maximum Gasteiger partial charge on any atom is 0.276 e. The van der Waals surface area contributed by atoms with Crippen LogP contribution in [-0.2, 0) is 6.54 Å². The average molecular weight is 377 g/mol. The molecule has 0 atom stereocenters. The van der Waals surface area contributed by atoms with Crippen LogP contribution in [0.3, 0.4) is 0 Å². The van der Waals surface area contributed by atoms with Crippen molar-refractivity contribution < 1.29 is 4.79 Å². The number of halogens is 1. The molecule has 0 radical (unpaired) electrons. The molecule has 112 valence electrons. The minimum Gasteiger partial charge on any atom is -0.335 e. The Bertz CT molecular complexity index is 784. The van der Waals surface area contributed by atoms with E-state index in [4.69, 9.17) is 0 Å². The molecule has 22 heavy (non-hydrogen) atoms. The summed E-state index contributed by atoms with van der Waals surface area (Å²) >= 11 is 5.09. The molecule has 0 aliphatic heterocycles. The van der Waals surface area contributed by atoms with E-state index >= 15 is 0 Å². The standard InChI is InChI=1S/C15H13BrN4OS/c1-19(9-11-5-4-8-22-11)15(21)13-10-20(18-17-13)14-7-3-2-6-12(14)16/h2-8,10H,9H2,1H3. The van der Waals surface area contributed by atoms with Crippen LogP contribution in [0, 0.1) is 0 Å². The van der Waals surface area contributed by atoms with Gasteiger partial charge >= 0.3 is 0 Å². The Hall–Kier alpha value is -1.99. The Morgan fingerprint density at radius 3 is 2.86 bits per heavy atom. The van der Waals surface area contributed by atoms with Gasteiger partial charge in [0.2, 0.25) is 0 Å². The molecule has 2 aromatic heterocycles. The summed E-state index contributed by atoms with van der Waals surface area (Å²) in [4.78, 5) is 15.2. The van der Waals surface area contributed by atoms with Crippen LogP contribution >= 0.6 is 27.3 Å². The lowest BCUT2D eigenvalue weighted by Gasteiger charge is -2.14. The molecule has 7 heteroatoms. The van der Waals surface area contributed by atoms with E-state index in [-0.39, 0.29) is 5.91 Å². The van der Waals surface area contributed by atoms with Crippen molar-refractivity contribution in [3.8, 4) is 5.69 Å². The third-order valence-electron chi connectivity index (χ3n) is 3.13. The first kappa shape index (κ1) is 14.9. The molecule has 2 heterocycles. The molecule has 5 nitrogen and oxygen atoms in total. The number of rotatable bonds is 4. The van der Waals surface area contributed by atoms with E-state index in [1.165, 1.54) is 0 Å². The molecule has 1 amide bonds. The Kier molecular flexibility index (Phi) is 4.35. The Labute approximate surface area is 140 Å².